The highest BCUT2D eigenvalue weighted by Crippen LogP contribution is 2.30. The molecule has 0 aliphatic carbocycles. The number of allylic oxidation sites excluding steroid dienone is 2. The fraction of sp³-hybridized carbons (Fsp3) is 0.286. The number of non-ortho nitro benzene ring substituents is 1. The molecular weight excluding hydrogens is 272 g/mol. The van der Waals surface area contributed by atoms with Crippen LogP contribution in [0.3, 0.4) is 0 Å². The van der Waals surface area contributed by atoms with Crippen molar-refractivity contribution >= 4 is 22.3 Å². The molecule has 7 nitrogen and oxygen atoms in total. The zero-order valence-corrected chi connectivity index (χ0v) is 11.8. The molecule has 1 aromatic carbocycles. The Hall–Kier alpha value is -2.88. The third-order valence-corrected chi connectivity index (χ3v) is 2.97. The Morgan fingerprint density at radius 2 is 2.14 bits per heavy atom. The molecule has 0 bridgehead atoms. The molecule has 108 valence electrons. The van der Waals surface area contributed by atoms with E-state index in [9.17, 15) is 20.5 Å². The highest BCUT2D eigenvalue weighted by Gasteiger charge is 2.23. The van der Waals surface area contributed by atoms with Crippen molar-refractivity contribution in [2.24, 2.45) is 5.41 Å². The summed E-state index contributed by atoms with van der Waals surface area (Å²) in [6, 6.07) is 6.10. The Balaban J connectivity index is 2.62. The standard InChI is InChI=1S/C14H14N4O3/c1-14(2,3)12(19)9(7-15)13-16-10-5-4-8(18(20)21)6-11(10)17-13/h4-6,19H,1-3H3,(H,16,17). The summed E-state index contributed by atoms with van der Waals surface area (Å²) in [7, 11) is 0. The zero-order chi connectivity index (χ0) is 15.8. The number of nitrogens with zero attached hydrogens (tertiary/aromatic N) is 3. The average Bonchev–Trinajstić information content (AvgIpc) is 2.80. The molecule has 0 aliphatic heterocycles. The van der Waals surface area contributed by atoms with Gasteiger partial charge in [0.05, 0.1) is 16.0 Å². The predicted octanol–water partition coefficient (Wildman–Crippen LogP) is 3.31. The normalized spacial score (nSPS) is 12.9. The molecule has 0 amide bonds. The lowest BCUT2D eigenvalue weighted by molar-refractivity contribution is -0.384. The highest BCUT2D eigenvalue weighted by molar-refractivity contribution is 5.84. The summed E-state index contributed by atoms with van der Waals surface area (Å²) in [4.78, 5) is 17.3. The van der Waals surface area contributed by atoms with Crippen molar-refractivity contribution < 1.29 is 10.0 Å². The summed E-state index contributed by atoms with van der Waals surface area (Å²) in [5.74, 6) is 0.110. The first-order valence-electron chi connectivity index (χ1n) is 6.22. The maximum absolute atomic E-state index is 10.8. The van der Waals surface area contributed by atoms with Gasteiger partial charge in [-0.15, -0.1) is 0 Å². The molecular formula is C14H14N4O3. The first kappa shape index (κ1) is 14.5. The number of hydrogen-bond acceptors (Lipinski definition) is 5. The zero-order valence-electron chi connectivity index (χ0n) is 11.8. The van der Waals surface area contributed by atoms with Gasteiger partial charge in [0.2, 0.25) is 0 Å². The molecule has 0 radical (unpaired) electrons. The van der Waals surface area contributed by atoms with Gasteiger partial charge < -0.3 is 10.1 Å². The van der Waals surface area contributed by atoms with Gasteiger partial charge in [-0.3, -0.25) is 10.1 Å². The van der Waals surface area contributed by atoms with Crippen molar-refractivity contribution in [3.05, 3.63) is 39.9 Å². The lowest BCUT2D eigenvalue weighted by Gasteiger charge is -2.18. The second kappa shape index (κ2) is 4.90. The van der Waals surface area contributed by atoms with Gasteiger partial charge in [-0.2, -0.15) is 5.26 Å². The molecule has 0 saturated carbocycles. The monoisotopic (exact) mass is 286 g/mol. The number of benzene rings is 1. The van der Waals surface area contributed by atoms with Crippen LogP contribution in [0.25, 0.3) is 16.6 Å². The van der Waals surface area contributed by atoms with E-state index in [1.54, 1.807) is 20.8 Å². The molecule has 0 atom stereocenters. The number of nitro benzene ring substituents is 1. The van der Waals surface area contributed by atoms with E-state index >= 15 is 0 Å². The van der Waals surface area contributed by atoms with Crippen molar-refractivity contribution in [1.82, 2.24) is 9.97 Å². The first-order valence-corrected chi connectivity index (χ1v) is 6.22. The lowest BCUT2D eigenvalue weighted by atomic mass is 9.91. The maximum atomic E-state index is 10.8. The molecule has 0 spiro atoms. The summed E-state index contributed by atoms with van der Waals surface area (Å²) in [6.45, 7) is 5.31. The number of aromatic amines is 1. The summed E-state index contributed by atoms with van der Waals surface area (Å²) in [5, 5.41) is 30.2. The minimum Gasteiger partial charge on any atom is -0.510 e. The third kappa shape index (κ3) is 2.69. The van der Waals surface area contributed by atoms with Gasteiger partial charge in [0.15, 0.2) is 5.82 Å². The number of aliphatic hydroxyl groups excluding tert-OH is 1. The summed E-state index contributed by atoms with van der Waals surface area (Å²) < 4.78 is 0. The van der Waals surface area contributed by atoms with Crippen molar-refractivity contribution in [2.75, 3.05) is 0 Å². The minimum absolute atomic E-state index is 0.0290. The smallest absolute Gasteiger partial charge is 0.271 e. The molecule has 2 N–H and O–H groups in total. The van der Waals surface area contributed by atoms with Crippen LogP contribution in [0, 0.1) is 26.9 Å². The fourth-order valence-corrected chi connectivity index (χ4v) is 1.82. The van der Waals surface area contributed by atoms with E-state index in [1.165, 1.54) is 18.2 Å². The van der Waals surface area contributed by atoms with E-state index in [4.69, 9.17) is 0 Å². The Morgan fingerprint density at radius 3 is 2.67 bits per heavy atom. The number of aliphatic hydroxyl groups is 1. The maximum Gasteiger partial charge on any atom is 0.271 e. The number of nitrogens with one attached hydrogen (secondary N) is 1. The van der Waals surface area contributed by atoms with Gasteiger partial charge in [0.1, 0.15) is 17.4 Å². The number of fused-ring (bicyclic) bond motifs is 1. The molecule has 1 aromatic heterocycles. The number of hydrogen-bond donors (Lipinski definition) is 2. The molecule has 0 unspecified atom stereocenters. The number of aromatic nitrogens is 2. The molecule has 0 aliphatic rings. The van der Waals surface area contributed by atoms with Crippen LogP contribution in [0.4, 0.5) is 5.69 Å². The predicted molar refractivity (Wildman–Crippen MR) is 77.4 cm³/mol. The fourth-order valence-electron chi connectivity index (χ4n) is 1.82. The largest absolute Gasteiger partial charge is 0.510 e. The van der Waals surface area contributed by atoms with Gasteiger partial charge in [-0.05, 0) is 6.07 Å². The van der Waals surface area contributed by atoms with Crippen LogP contribution in [0.1, 0.15) is 26.6 Å². The second-order valence-electron chi connectivity index (χ2n) is 5.63. The van der Waals surface area contributed by atoms with E-state index in [-0.39, 0.29) is 22.8 Å². The lowest BCUT2D eigenvalue weighted by Crippen LogP contribution is -2.11. The van der Waals surface area contributed by atoms with Crippen LogP contribution in [0.2, 0.25) is 0 Å². The van der Waals surface area contributed by atoms with Crippen LogP contribution >= 0.6 is 0 Å². The van der Waals surface area contributed by atoms with Gasteiger partial charge in [0.25, 0.3) is 5.69 Å². The van der Waals surface area contributed by atoms with E-state index in [0.29, 0.717) is 11.0 Å². The molecule has 7 heteroatoms. The average molecular weight is 286 g/mol. The Kier molecular flexibility index (Phi) is 3.39. The van der Waals surface area contributed by atoms with E-state index in [1.807, 2.05) is 6.07 Å². The van der Waals surface area contributed by atoms with Crippen molar-refractivity contribution in [3.63, 3.8) is 0 Å². The summed E-state index contributed by atoms with van der Waals surface area (Å²) in [5.41, 5.74) is 0.288. The van der Waals surface area contributed by atoms with Crippen molar-refractivity contribution in [1.29, 1.82) is 5.26 Å². The first-order chi connectivity index (χ1) is 9.74. The second-order valence-corrected chi connectivity index (χ2v) is 5.63. The molecule has 0 saturated heterocycles. The Morgan fingerprint density at radius 1 is 1.48 bits per heavy atom. The topological polar surface area (TPSA) is 116 Å². The number of H-pyrrole nitrogens is 1. The molecule has 0 fully saturated rings. The van der Waals surface area contributed by atoms with Gasteiger partial charge in [-0.1, -0.05) is 20.8 Å². The summed E-state index contributed by atoms with van der Waals surface area (Å²) in [6.07, 6.45) is 0. The van der Waals surface area contributed by atoms with E-state index in [0.717, 1.165) is 0 Å². The third-order valence-electron chi connectivity index (χ3n) is 2.97. The van der Waals surface area contributed by atoms with E-state index < -0.39 is 10.3 Å². The van der Waals surface area contributed by atoms with Gasteiger partial charge in [0, 0.05) is 17.5 Å². The van der Waals surface area contributed by atoms with E-state index in [2.05, 4.69) is 9.97 Å². The van der Waals surface area contributed by atoms with Crippen LogP contribution in [-0.2, 0) is 0 Å². The summed E-state index contributed by atoms with van der Waals surface area (Å²) >= 11 is 0. The van der Waals surface area contributed by atoms with Gasteiger partial charge >= 0.3 is 0 Å². The molecule has 2 rings (SSSR count). The SMILES string of the molecule is CC(C)(C)C(O)=C(C#N)c1nc2ccc([N+](=O)[O-])cc2[nH]1. The Bertz CT molecular complexity index is 791. The van der Waals surface area contributed by atoms with Crippen LogP contribution in [0.15, 0.2) is 24.0 Å². The van der Waals surface area contributed by atoms with Crippen LogP contribution in [0.5, 0.6) is 0 Å². The Labute approximate surface area is 120 Å². The number of rotatable bonds is 2. The van der Waals surface area contributed by atoms with Crippen molar-refractivity contribution in [2.45, 2.75) is 20.8 Å². The number of imidazole rings is 1. The molecule has 1 heterocycles. The minimum atomic E-state index is -0.601. The molecule has 2 aromatic rings. The number of nitriles is 1. The number of nitro groups is 1. The van der Waals surface area contributed by atoms with Crippen molar-refractivity contribution in [3.8, 4) is 6.07 Å². The quantitative estimate of drug-likeness (QED) is 0.380. The highest BCUT2D eigenvalue weighted by atomic mass is 16.6. The van der Waals surface area contributed by atoms with Gasteiger partial charge in [-0.25, -0.2) is 4.98 Å². The molecule has 21 heavy (non-hydrogen) atoms. The van der Waals surface area contributed by atoms with Crippen LogP contribution < -0.4 is 0 Å². The van der Waals surface area contributed by atoms with Crippen LogP contribution in [-0.4, -0.2) is 20.0 Å².